The molecular formula is C25H22O4. The maximum atomic E-state index is 11.5. The van der Waals surface area contributed by atoms with Crippen molar-refractivity contribution in [2.45, 2.75) is 0 Å². The number of hydrogen-bond acceptors (Lipinski definition) is 3. The number of ether oxygens (including phenoxy) is 2. The topological polar surface area (TPSA) is 55.8 Å². The Kier molecular flexibility index (Phi) is 6.15. The van der Waals surface area contributed by atoms with E-state index < -0.39 is 5.97 Å². The summed E-state index contributed by atoms with van der Waals surface area (Å²) >= 11 is 0. The molecule has 146 valence electrons. The summed E-state index contributed by atoms with van der Waals surface area (Å²) in [6.07, 6.45) is 3.02. The van der Waals surface area contributed by atoms with Gasteiger partial charge in [0.2, 0.25) is 0 Å². The molecule has 0 heterocycles. The summed E-state index contributed by atoms with van der Waals surface area (Å²) in [5.41, 5.74) is 5.25. The van der Waals surface area contributed by atoms with Gasteiger partial charge < -0.3 is 14.6 Å². The molecule has 0 spiro atoms. The first-order chi connectivity index (χ1) is 14.1. The molecule has 4 nitrogen and oxygen atoms in total. The molecule has 0 aliphatic heterocycles. The Balaban J connectivity index is 2.05. The number of hydrogen-bond donors (Lipinski definition) is 1. The fourth-order valence-electron chi connectivity index (χ4n) is 3.23. The Bertz CT molecular complexity index is 1060. The third kappa shape index (κ3) is 4.38. The van der Waals surface area contributed by atoms with Crippen LogP contribution >= 0.6 is 0 Å². The molecule has 0 saturated carbocycles. The Labute approximate surface area is 170 Å². The van der Waals surface area contributed by atoms with Crippen molar-refractivity contribution in [3.8, 4) is 22.6 Å². The molecule has 3 aromatic rings. The number of carboxylic acid groups (broad SMARTS) is 1. The van der Waals surface area contributed by atoms with Gasteiger partial charge in [-0.3, -0.25) is 0 Å². The van der Waals surface area contributed by atoms with Crippen LogP contribution in [0.2, 0.25) is 0 Å². The van der Waals surface area contributed by atoms with Crippen LogP contribution in [0, 0.1) is 0 Å². The van der Waals surface area contributed by atoms with Crippen LogP contribution in [0.25, 0.3) is 22.8 Å². The standard InChI is InChI=1S/C25H22O4/c1-4-17-7-5-6-8-21(17)18-9-11-19(12-10-18)22(16-25(26)27)20-13-14-23(28-2)24(15-20)29-3/h4-16H,1H2,2-3H3,(H,26,27)/b22-16-. The molecule has 0 bridgehead atoms. The molecule has 0 aliphatic carbocycles. The van der Waals surface area contributed by atoms with Crippen LogP contribution < -0.4 is 9.47 Å². The molecule has 3 rings (SSSR count). The first-order valence-electron chi connectivity index (χ1n) is 9.06. The van der Waals surface area contributed by atoms with Crippen LogP contribution in [0.3, 0.4) is 0 Å². The van der Waals surface area contributed by atoms with Crippen LogP contribution in [0.1, 0.15) is 16.7 Å². The predicted molar refractivity (Wildman–Crippen MR) is 116 cm³/mol. The first-order valence-corrected chi connectivity index (χ1v) is 9.06. The Morgan fingerprint density at radius 2 is 1.55 bits per heavy atom. The summed E-state index contributed by atoms with van der Waals surface area (Å²) in [7, 11) is 3.11. The van der Waals surface area contributed by atoms with Crippen molar-refractivity contribution >= 4 is 17.6 Å². The van der Waals surface area contributed by atoms with E-state index in [0.29, 0.717) is 17.1 Å². The number of aliphatic carboxylic acids is 1. The highest BCUT2D eigenvalue weighted by Crippen LogP contribution is 2.34. The summed E-state index contributed by atoms with van der Waals surface area (Å²) in [5, 5.41) is 9.39. The van der Waals surface area contributed by atoms with Crippen molar-refractivity contribution in [3.63, 3.8) is 0 Å². The minimum atomic E-state index is -1.02. The van der Waals surface area contributed by atoms with E-state index in [1.54, 1.807) is 26.4 Å². The third-order valence-electron chi connectivity index (χ3n) is 4.65. The average molecular weight is 386 g/mol. The van der Waals surface area contributed by atoms with Gasteiger partial charge in [0.05, 0.1) is 14.2 Å². The van der Waals surface area contributed by atoms with E-state index in [1.165, 1.54) is 6.08 Å². The van der Waals surface area contributed by atoms with Gasteiger partial charge in [-0.15, -0.1) is 0 Å². The summed E-state index contributed by atoms with van der Waals surface area (Å²) < 4.78 is 10.6. The highest BCUT2D eigenvalue weighted by atomic mass is 16.5. The van der Waals surface area contributed by atoms with Crippen molar-refractivity contribution in [2.75, 3.05) is 14.2 Å². The van der Waals surface area contributed by atoms with E-state index in [1.807, 2.05) is 60.7 Å². The lowest BCUT2D eigenvalue weighted by Crippen LogP contribution is -1.97. The summed E-state index contributed by atoms with van der Waals surface area (Å²) in [5.74, 6) is 0.107. The van der Waals surface area contributed by atoms with E-state index in [-0.39, 0.29) is 0 Å². The van der Waals surface area contributed by atoms with Gasteiger partial charge in [-0.05, 0) is 45.5 Å². The van der Waals surface area contributed by atoms with Crippen molar-refractivity contribution in [2.24, 2.45) is 0 Å². The molecule has 0 radical (unpaired) electrons. The van der Waals surface area contributed by atoms with Gasteiger partial charge >= 0.3 is 5.97 Å². The number of carbonyl (C=O) groups is 1. The molecule has 4 heteroatoms. The third-order valence-corrected chi connectivity index (χ3v) is 4.65. The SMILES string of the molecule is C=Cc1ccccc1-c1ccc(/C(=C/C(=O)O)c2ccc(OC)c(OC)c2)cc1. The molecule has 0 aromatic heterocycles. The lowest BCUT2D eigenvalue weighted by molar-refractivity contribution is -0.131. The van der Waals surface area contributed by atoms with Crippen LogP contribution in [0.4, 0.5) is 0 Å². The van der Waals surface area contributed by atoms with Crippen LogP contribution in [0.5, 0.6) is 11.5 Å². The number of carboxylic acids is 1. The van der Waals surface area contributed by atoms with E-state index >= 15 is 0 Å². The Morgan fingerprint density at radius 1 is 0.897 bits per heavy atom. The van der Waals surface area contributed by atoms with Crippen LogP contribution in [-0.2, 0) is 4.79 Å². The largest absolute Gasteiger partial charge is 0.493 e. The fourth-order valence-corrected chi connectivity index (χ4v) is 3.23. The maximum Gasteiger partial charge on any atom is 0.328 e. The number of methoxy groups -OCH3 is 2. The molecule has 0 saturated heterocycles. The van der Waals surface area contributed by atoms with Gasteiger partial charge in [-0.1, -0.05) is 67.3 Å². The minimum Gasteiger partial charge on any atom is -0.493 e. The zero-order valence-electron chi connectivity index (χ0n) is 16.4. The average Bonchev–Trinajstić information content (AvgIpc) is 2.77. The van der Waals surface area contributed by atoms with E-state index in [4.69, 9.17) is 9.47 Å². The second-order valence-electron chi connectivity index (χ2n) is 6.33. The van der Waals surface area contributed by atoms with Crippen molar-refractivity contribution in [1.82, 2.24) is 0 Å². The molecule has 0 atom stereocenters. The predicted octanol–water partition coefficient (Wildman–Crippen LogP) is 5.53. The molecule has 0 amide bonds. The van der Waals surface area contributed by atoms with E-state index in [9.17, 15) is 9.90 Å². The summed E-state index contributed by atoms with van der Waals surface area (Å²) in [6.45, 7) is 3.87. The van der Waals surface area contributed by atoms with Gasteiger partial charge in [0.25, 0.3) is 0 Å². The van der Waals surface area contributed by atoms with Crippen LogP contribution in [-0.4, -0.2) is 25.3 Å². The molecule has 29 heavy (non-hydrogen) atoms. The Hall–Kier alpha value is -3.79. The normalized spacial score (nSPS) is 11.0. The Morgan fingerprint density at radius 3 is 2.17 bits per heavy atom. The van der Waals surface area contributed by atoms with Gasteiger partial charge in [-0.25, -0.2) is 4.79 Å². The van der Waals surface area contributed by atoms with E-state index in [0.717, 1.165) is 27.8 Å². The van der Waals surface area contributed by atoms with E-state index in [2.05, 4.69) is 6.58 Å². The molecule has 0 fully saturated rings. The smallest absolute Gasteiger partial charge is 0.328 e. The quantitative estimate of drug-likeness (QED) is 0.543. The zero-order valence-corrected chi connectivity index (χ0v) is 16.4. The highest BCUT2D eigenvalue weighted by molar-refractivity contribution is 5.96. The monoisotopic (exact) mass is 386 g/mol. The van der Waals surface area contributed by atoms with Crippen molar-refractivity contribution in [3.05, 3.63) is 96.1 Å². The van der Waals surface area contributed by atoms with Gasteiger partial charge in [0.15, 0.2) is 11.5 Å². The lowest BCUT2D eigenvalue weighted by atomic mass is 9.93. The summed E-state index contributed by atoms with van der Waals surface area (Å²) in [6, 6.07) is 21.1. The zero-order chi connectivity index (χ0) is 20.8. The first kappa shape index (κ1) is 20.0. The lowest BCUT2D eigenvalue weighted by Gasteiger charge is -2.13. The van der Waals surface area contributed by atoms with Crippen molar-refractivity contribution < 1.29 is 19.4 Å². The fraction of sp³-hybridized carbons (Fsp3) is 0.0800. The second-order valence-corrected chi connectivity index (χ2v) is 6.33. The highest BCUT2D eigenvalue weighted by Gasteiger charge is 2.12. The molecule has 1 N–H and O–H groups in total. The van der Waals surface area contributed by atoms with Gasteiger partial charge in [-0.2, -0.15) is 0 Å². The minimum absolute atomic E-state index is 0.540. The number of benzene rings is 3. The molecule has 0 aliphatic rings. The van der Waals surface area contributed by atoms with Crippen molar-refractivity contribution in [1.29, 1.82) is 0 Å². The molecule has 3 aromatic carbocycles. The molecular weight excluding hydrogens is 364 g/mol. The second kappa shape index (κ2) is 8.93. The van der Waals surface area contributed by atoms with Gasteiger partial charge in [0.1, 0.15) is 0 Å². The van der Waals surface area contributed by atoms with Crippen LogP contribution in [0.15, 0.2) is 79.4 Å². The maximum absolute atomic E-state index is 11.5. The molecule has 0 unspecified atom stereocenters. The number of rotatable bonds is 7. The van der Waals surface area contributed by atoms with Gasteiger partial charge in [0, 0.05) is 6.08 Å². The summed E-state index contributed by atoms with van der Waals surface area (Å²) in [4.78, 5) is 11.5.